The second-order valence-electron chi connectivity index (χ2n) is 4.60. The molecule has 4 heteroatoms. The van der Waals surface area contributed by atoms with Crippen LogP contribution in [0.15, 0.2) is 12.3 Å². The molecule has 4 nitrogen and oxygen atoms in total. The number of aromatic nitrogens is 2. The van der Waals surface area contributed by atoms with Crippen LogP contribution in [-0.4, -0.2) is 33.8 Å². The number of nitrogen functional groups attached to an aromatic ring is 1. The number of nitrogens with two attached hydrogens (primary N) is 1. The van der Waals surface area contributed by atoms with E-state index in [0.717, 1.165) is 19.1 Å². The van der Waals surface area contributed by atoms with Crippen LogP contribution in [0.25, 0.3) is 0 Å². The molecule has 1 unspecified atom stereocenters. The van der Waals surface area contributed by atoms with Gasteiger partial charge < -0.3 is 5.73 Å². The SMILES string of the molecule is CCC1CCCCN1CCn1ccc(N)n1. The van der Waals surface area contributed by atoms with Crippen LogP contribution in [0.5, 0.6) is 0 Å². The minimum Gasteiger partial charge on any atom is -0.382 e. The van der Waals surface area contributed by atoms with Gasteiger partial charge in [-0.2, -0.15) is 5.10 Å². The highest BCUT2D eigenvalue weighted by Crippen LogP contribution is 2.19. The molecule has 2 N–H and O–H groups in total. The van der Waals surface area contributed by atoms with Gasteiger partial charge in [-0.1, -0.05) is 13.3 Å². The van der Waals surface area contributed by atoms with E-state index in [4.69, 9.17) is 5.73 Å². The normalized spacial score (nSPS) is 22.4. The van der Waals surface area contributed by atoms with E-state index in [1.54, 1.807) is 0 Å². The topological polar surface area (TPSA) is 47.1 Å². The fraction of sp³-hybridized carbons (Fsp3) is 0.750. The van der Waals surface area contributed by atoms with Crippen molar-refractivity contribution in [2.75, 3.05) is 18.8 Å². The van der Waals surface area contributed by atoms with Gasteiger partial charge in [0.05, 0.1) is 6.54 Å². The summed E-state index contributed by atoms with van der Waals surface area (Å²) in [6.45, 7) is 5.58. The smallest absolute Gasteiger partial charge is 0.145 e. The first-order valence-corrected chi connectivity index (χ1v) is 6.32. The molecule has 1 aliphatic rings. The summed E-state index contributed by atoms with van der Waals surface area (Å²) in [5.74, 6) is 0.616. The summed E-state index contributed by atoms with van der Waals surface area (Å²) in [5.41, 5.74) is 5.60. The van der Waals surface area contributed by atoms with Crippen LogP contribution >= 0.6 is 0 Å². The van der Waals surface area contributed by atoms with Crippen molar-refractivity contribution in [1.29, 1.82) is 0 Å². The second-order valence-corrected chi connectivity index (χ2v) is 4.60. The van der Waals surface area contributed by atoms with Gasteiger partial charge in [-0.05, 0) is 31.9 Å². The number of hydrogen-bond acceptors (Lipinski definition) is 3. The Morgan fingerprint density at radius 1 is 1.44 bits per heavy atom. The summed E-state index contributed by atoms with van der Waals surface area (Å²) in [6.07, 6.45) is 7.32. The maximum Gasteiger partial charge on any atom is 0.145 e. The zero-order chi connectivity index (χ0) is 11.4. The predicted octanol–water partition coefficient (Wildman–Crippen LogP) is 1.73. The number of rotatable bonds is 4. The van der Waals surface area contributed by atoms with Crippen LogP contribution in [0.2, 0.25) is 0 Å². The Labute approximate surface area is 97.4 Å². The van der Waals surface area contributed by atoms with Crippen LogP contribution in [0.4, 0.5) is 5.82 Å². The van der Waals surface area contributed by atoms with Gasteiger partial charge >= 0.3 is 0 Å². The van der Waals surface area contributed by atoms with Gasteiger partial charge in [-0.3, -0.25) is 9.58 Å². The van der Waals surface area contributed by atoms with Gasteiger partial charge in [0.1, 0.15) is 5.82 Å². The third-order valence-electron chi connectivity index (χ3n) is 3.50. The van der Waals surface area contributed by atoms with Gasteiger partial charge in [0, 0.05) is 18.8 Å². The molecule has 0 bridgehead atoms. The highest BCUT2D eigenvalue weighted by Gasteiger charge is 2.19. The lowest BCUT2D eigenvalue weighted by Crippen LogP contribution is -2.40. The minimum atomic E-state index is 0.616. The molecule has 0 spiro atoms. The van der Waals surface area contributed by atoms with E-state index in [2.05, 4.69) is 16.9 Å². The van der Waals surface area contributed by atoms with E-state index < -0.39 is 0 Å². The van der Waals surface area contributed by atoms with Gasteiger partial charge in [-0.25, -0.2) is 0 Å². The highest BCUT2D eigenvalue weighted by atomic mass is 15.3. The van der Waals surface area contributed by atoms with Gasteiger partial charge in [0.15, 0.2) is 0 Å². The van der Waals surface area contributed by atoms with Crippen LogP contribution in [0, 0.1) is 0 Å². The van der Waals surface area contributed by atoms with Crippen LogP contribution < -0.4 is 5.73 Å². The lowest BCUT2D eigenvalue weighted by Gasteiger charge is -2.35. The van der Waals surface area contributed by atoms with E-state index in [1.807, 2.05) is 16.9 Å². The van der Waals surface area contributed by atoms with Gasteiger partial charge in [-0.15, -0.1) is 0 Å². The molecule has 0 aromatic carbocycles. The van der Waals surface area contributed by atoms with E-state index in [9.17, 15) is 0 Å². The quantitative estimate of drug-likeness (QED) is 0.844. The Kier molecular flexibility index (Phi) is 3.83. The van der Waals surface area contributed by atoms with Crippen molar-refractivity contribution < 1.29 is 0 Å². The Morgan fingerprint density at radius 3 is 3.00 bits per heavy atom. The lowest BCUT2D eigenvalue weighted by atomic mass is 10.0. The first kappa shape index (κ1) is 11.5. The van der Waals surface area contributed by atoms with Crippen molar-refractivity contribution in [2.24, 2.45) is 0 Å². The molecule has 1 atom stereocenters. The van der Waals surface area contributed by atoms with Crippen LogP contribution in [-0.2, 0) is 6.54 Å². The molecule has 1 aromatic heterocycles. The van der Waals surface area contributed by atoms with E-state index in [-0.39, 0.29) is 0 Å². The number of piperidine rings is 1. The van der Waals surface area contributed by atoms with Crippen molar-refractivity contribution in [2.45, 2.75) is 45.2 Å². The van der Waals surface area contributed by atoms with Crippen molar-refractivity contribution >= 4 is 5.82 Å². The molecule has 1 aromatic rings. The molecule has 1 aliphatic heterocycles. The first-order valence-electron chi connectivity index (χ1n) is 6.32. The maximum atomic E-state index is 5.60. The molecule has 2 heterocycles. The van der Waals surface area contributed by atoms with E-state index in [0.29, 0.717) is 5.82 Å². The molecule has 1 saturated heterocycles. The fourth-order valence-electron chi connectivity index (χ4n) is 2.55. The Hall–Kier alpha value is -1.03. The molecular weight excluding hydrogens is 200 g/mol. The van der Waals surface area contributed by atoms with Gasteiger partial charge in [0.25, 0.3) is 0 Å². The summed E-state index contributed by atoms with van der Waals surface area (Å²) in [4.78, 5) is 2.60. The van der Waals surface area contributed by atoms with Crippen LogP contribution in [0.3, 0.4) is 0 Å². The monoisotopic (exact) mass is 222 g/mol. The average molecular weight is 222 g/mol. The number of nitrogens with zero attached hydrogens (tertiary/aromatic N) is 3. The summed E-state index contributed by atoms with van der Waals surface area (Å²) in [5, 5.41) is 4.21. The van der Waals surface area contributed by atoms with Crippen LogP contribution in [0.1, 0.15) is 32.6 Å². The molecule has 0 radical (unpaired) electrons. The first-order chi connectivity index (χ1) is 7.79. The summed E-state index contributed by atoms with van der Waals surface area (Å²) in [7, 11) is 0. The highest BCUT2D eigenvalue weighted by molar-refractivity contribution is 5.23. The number of anilines is 1. The van der Waals surface area contributed by atoms with Crippen molar-refractivity contribution in [1.82, 2.24) is 14.7 Å². The Bertz CT molecular complexity index is 321. The standard InChI is InChI=1S/C12H22N4/c1-2-11-5-3-4-7-15(11)9-10-16-8-6-12(13)14-16/h6,8,11H,2-5,7,9-10H2,1H3,(H2,13,14). The largest absolute Gasteiger partial charge is 0.382 e. The minimum absolute atomic E-state index is 0.616. The van der Waals surface area contributed by atoms with Crippen molar-refractivity contribution in [3.8, 4) is 0 Å². The second kappa shape index (κ2) is 5.34. The Morgan fingerprint density at radius 2 is 2.31 bits per heavy atom. The summed E-state index contributed by atoms with van der Waals surface area (Å²) in [6, 6.07) is 2.63. The van der Waals surface area contributed by atoms with Gasteiger partial charge in [0.2, 0.25) is 0 Å². The van der Waals surface area contributed by atoms with E-state index >= 15 is 0 Å². The molecule has 1 fully saturated rings. The third-order valence-corrected chi connectivity index (χ3v) is 3.50. The molecule has 0 saturated carbocycles. The zero-order valence-corrected chi connectivity index (χ0v) is 10.1. The molecule has 0 amide bonds. The lowest BCUT2D eigenvalue weighted by molar-refractivity contribution is 0.137. The predicted molar refractivity (Wildman–Crippen MR) is 66.1 cm³/mol. The maximum absolute atomic E-state index is 5.60. The summed E-state index contributed by atoms with van der Waals surface area (Å²) < 4.78 is 1.94. The zero-order valence-electron chi connectivity index (χ0n) is 10.1. The van der Waals surface area contributed by atoms with Crippen molar-refractivity contribution in [3.63, 3.8) is 0 Å². The average Bonchev–Trinajstić information content (AvgIpc) is 2.73. The third kappa shape index (κ3) is 2.76. The summed E-state index contributed by atoms with van der Waals surface area (Å²) >= 11 is 0. The fourth-order valence-corrected chi connectivity index (χ4v) is 2.55. The van der Waals surface area contributed by atoms with Crippen molar-refractivity contribution in [3.05, 3.63) is 12.3 Å². The number of likely N-dealkylation sites (tertiary alicyclic amines) is 1. The Balaban J connectivity index is 1.84. The molecule has 90 valence electrons. The molecule has 16 heavy (non-hydrogen) atoms. The number of hydrogen-bond donors (Lipinski definition) is 1. The molecular formula is C12H22N4. The molecule has 2 rings (SSSR count). The molecule has 0 aliphatic carbocycles. The van der Waals surface area contributed by atoms with E-state index in [1.165, 1.54) is 32.2 Å².